The number of aryl methyl sites for hydroxylation is 1. The van der Waals surface area contributed by atoms with Crippen LogP contribution in [0.5, 0.6) is 0 Å². The lowest BCUT2D eigenvalue weighted by Crippen LogP contribution is -2.38. The average Bonchev–Trinajstić information content (AvgIpc) is 3.32. The van der Waals surface area contributed by atoms with E-state index < -0.39 is 23.4 Å². The molecule has 0 unspecified atom stereocenters. The van der Waals surface area contributed by atoms with Crippen LogP contribution in [0.2, 0.25) is 0 Å². The number of hydrogen-bond donors (Lipinski definition) is 2. The topological polar surface area (TPSA) is 97.8 Å². The fourth-order valence-corrected chi connectivity index (χ4v) is 4.58. The van der Waals surface area contributed by atoms with Crippen molar-refractivity contribution in [3.63, 3.8) is 0 Å². The first-order valence-corrected chi connectivity index (χ1v) is 11.0. The summed E-state index contributed by atoms with van der Waals surface area (Å²) in [5.74, 6) is 0.868. The number of hydrogen-bond acceptors (Lipinski definition) is 6. The van der Waals surface area contributed by atoms with Gasteiger partial charge in [-0.3, -0.25) is 9.20 Å². The molecular weight excluding hydrogens is 449 g/mol. The van der Waals surface area contributed by atoms with Crippen molar-refractivity contribution in [2.24, 2.45) is 0 Å². The maximum absolute atomic E-state index is 13.3. The number of amides is 1. The number of carbonyl (C=O) groups excluding carboxylic acids is 1. The highest BCUT2D eigenvalue weighted by Crippen LogP contribution is 2.43. The number of benzene rings is 1. The average molecular weight is 474 g/mol. The molecule has 0 spiro atoms. The lowest BCUT2D eigenvalue weighted by molar-refractivity contribution is -0.145. The van der Waals surface area contributed by atoms with Crippen LogP contribution in [-0.4, -0.2) is 37.9 Å². The van der Waals surface area contributed by atoms with Gasteiger partial charge in [-0.15, -0.1) is 0 Å². The normalized spacial score (nSPS) is 17.6. The van der Waals surface area contributed by atoms with Crippen LogP contribution in [-0.2, 0) is 28.8 Å². The molecule has 8 nitrogen and oxygen atoms in total. The number of nitrogens with one attached hydrogen (secondary N) is 1. The van der Waals surface area contributed by atoms with E-state index in [0.29, 0.717) is 43.1 Å². The van der Waals surface area contributed by atoms with Crippen LogP contribution in [0.25, 0.3) is 5.78 Å². The highest BCUT2D eigenvalue weighted by Gasteiger charge is 2.53. The van der Waals surface area contributed by atoms with Gasteiger partial charge in [0, 0.05) is 24.1 Å². The summed E-state index contributed by atoms with van der Waals surface area (Å²) in [6.45, 7) is 4.34. The van der Waals surface area contributed by atoms with Crippen LogP contribution in [0.15, 0.2) is 24.4 Å². The molecule has 1 aliphatic carbocycles. The van der Waals surface area contributed by atoms with E-state index in [9.17, 15) is 18.0 Å². The van der Waals surface area contributed by atoms with E-state index in [-0.39, 0.29) is 11.6 Å². The van der Waals surface area contributed by atoms with Crippen LogP contribution in [0.3, 0.4) is 0 Å². The number of fused-ring (bicyclic) bond motifs is 3. The Hall–Kier alpha value is -3.34. The van der Waals surface area contributed by atoms with Gasteiger partial charge in [-0.1, -0.05) is 0 Å². The number of anilines is 2. The molecule has 0 bridgehead atoms. The maximum Gasteiger partial charge on any atom is 0.416 e. The number of alkyl halides is 3. The first-order valence-electron chi connectivity index (χ1n) is 11.0. The predicted molar refractivity (Wildman–Crippen MR) is 119 cm³/mol. The van der Waals surface area contributed by atoms with E-state index in [0.717, 1.165) is 29.1 Å². The van der Waals surface area contributed by atoms with E-state index in [1.807, 2.05) is 11.3 Å². The van der Waals surface area contributed by atoms with E-state index in [1.54, 1.807) is 25.1 Å². The number of halogens is 3. The Morgan fingerprint density at radius 1 is 1.26 bits per heavy atom. The third-order valence-electron chi connectivity index (χ3n) is 6.66. The molecule has 2 aromatic heterocycles. The number of nitrogens with two attached hydrogens (primary N) is 1. The van der Waals surface area contributed by atoms with Gasteiger partial charge in [0.05, 0.1) is 36.6 Å². The quantitative estimate of drug-likeness (QED) is 0.546. The second kappa shape index (κ2) is 7.59. The molecule has 3 N–H and O–H groups in total. The van der Waals surface area contributed by atoms with Crippen LogP contribution in [0.1, 0.15) is 53.9 Å². The third kappa shape index (κ3) is 3.64. The van der Waals surface area contributed by atoms with Crippen molar-refractivity contribution in [3.8, 4) is 0 Å². The van der Waals surface area contributed by atoms with Crippen molar-refractivity contribution in [1.29, 1.82) is 0 Å². The summed E-state index contributed by atoms with van der Waals surface area (Å²) in [7, 11) is 1.54. The zero-order valence-electron chi connectivity index (χ0n) is 19.0. The SMILES string of the molecule is COC1(C(=O)N2Cc3c(N[C@H](C)c4cc(N)cc(C(F)(F)F)c4)nc4ncc(C)n4c3C2)CC1. The van der Waals surface area contributed by atoms with Crippen LogP contribution in [0, 0.1) is 6.92 Å². The van der Waals surface area contributed by atoms with Gasteiger partial charge in [-0.2, -0.15) is 18.2 Å². The lowest BCUT2D eigenvalue weighted by atomic mass is 10.0. The monoisotopic (exact) mass is 474 g/mol. The zero-order chi connectivity index (χ0) is 24.4. The molecule has 0 radical (unpaired) electrons. The third-order valence-corrected chi connectivity index (χ3v) is 6.66. The highest BCUT2D eigenvalue weighted by molar-refractivity contribution is 5.88. The number of carbonyl (C=O) groups is 1. The van der Waals surface area contributed by atoms with E-state index in [1.165, 1.54) is 6.07 Å². The van der Waals surface area contributed by atoms with Crippen molar-refractivity contribution >= 4 is 23.2 Å². The van der Waals surface area contributed by atoms with Crippen molar-refractivity contribution in [2.75, 3.05) is 18.2 Å². The van der Waals surface area contributed by atoms with Crippen molar-refractivity contribution in [2.45, 2.75) is 57.6 Å². The minimum atomic E-state index is -4.50. The summed E-state index contributed by atoms with van der Waals surface area (Å²) in [5.41, 5.74) is 7.16. The fourth-order valence-electron chi connectivity index (χ4n) is 4.58. The summed E-state index contributed by atoms with van der Waals surface area (Å²) in [5, 5.41) is 3.24. The molecule has 1 aliphatic heterocycles. The summed E-state index contributed by atoms with van der Waals surface area (Å²) >= 11 is 0. The Bertz CT molecular complexity index is 1300. The Kier molecular flexibility index (Phi) is 5.01. The van der Waals surface area contributed by atoms with E-state index in [4.69, 9.17) is 10.5 Å². The second-order valence-electron chi connectivity index (χ2n) is 9.03. The predicted octanol–water partition coefficient (Wildman–Crippen LogP) is 3.83. The summed E-state index contributed by atoms with van der Waals surface area (Å²) < 4.78 is 47.3. The van der Waals surface area contributed by atoms with Crippen LogP contribution < -0.4 is 11.1 Å². The molecule has 11 heteroatoms. The lowest BCUT2D eigenvalue weighted by Gasteiger charge is -2.21. The Balaban J connectivity index is 1.51. The van der Waals surface area contributed by atoms with Gasteiger partial charge in [-0.25, -0.2) is 4.98 Å². The van der Waals surface area contributed by atoms with Crippen molar-refractivity contribution in [1.82, 2.24) is 19.3 Å². The standard InChI is InChI=1S/C23H25F3N6O2/c1-12-9-28-21-30-19(29-13(2)14-6-15(23(24,25)26)8-16(27)7-14)17-10-31(11-18(17)32(12)21)20(33)22(34-3)4-5-22/h6-9,13H,4-5,10-11,27H2,1-3H3,(H,28,29,30)/t13-/m1/s1. The van der Waals surface area contributed by atoms with Crippen molar-refractivity contribution in [3.05, 3.63) is 52.5 Å². The Labute approximate surface area is 193 Å². The van der Waals surface area contributed by atoms with Gasteiger partial charge >= 0.3 is 6.18 Å². The molecule has 1 fully saturated rings. The number of aromatic nitrogens is 3. The summed E-state index contributed by atoms with van der Waals surface area (Å²) in [4.78, 5) is 23.9. The number of nitrogens with zero attached hydrogens (tertiary/aromatic N) is 4. The minimum Gasteiger partial charge on any atom is -0.399 e. The number of rotatable bonds is 5. The van der Waals surface area contributed by atoms with Gasteiger partial charge in [0.25, 0.3) is 5.91 Å². The minimum absolute atomic E-state index is 0.0297. The Morgan fingerprint density at radius 3 is 2.65 bits per heavy atom. The summed E-state index contributed by atoms with van der Waals surface area (Å²) in [6.07, 6.45) is -1.43. The number of ether oxygens (including phenoxy) is 1. The van der Waals surface area contributed by atoms with Crippen LogP contribution in [0.4, 0.5) is 24.7 Å². The molecule has 1 atom stereocenters. The zero-order valence-corrected chi connectivity index (χ0v) is 19.0. The summed E-state index contributed by atoms with van der Waals surface area (Å²) in [6, 6.07) is 2.98. The largest absolute Gasteiger partial charge is 0.416 e. The van der Waals surface area contributed by atoms with Gasteiger partial charge in [0.1, 0.15) is 11.4 Å². The molecule has 2 aliphatic rings. The maximum atomic E-state index is 13.3. The van der Waals surface area contributed by atoms with Crippen LogP contribution >= 0.6 is 0 Å². The molecule has 3 aromatic rings. The molecule has 1 aromatic carbocycles. The second-order valence-corrected chi connectivity index (χ2v) is 9.03. The smallest absolute Gasteiger partial charge is 0.399 e. The van der Waals surface area contributed by atoms with Gasteiger partial charge in [0.2, 0.25) is 5.78 Å². The molecule has 5 rings (SSSR count). The molecule has 0 saturated heterocycles. The molecule has 34 heavy (non-hydrogen) atoms. The number of nitrogen functional groups attached to an aromatic ring is 1. The number of imidazole rings is 1. The van der Waals surface area contributed by atoms with E-state index >= 15 is 0 Å². The molecule has 3 heterocycles. The first kappa shape index (κ1) is 22.5. The molecule has 1 amide bonds. The molecule has 180 valence electrons. The van der Waals surface area contributed by atoms with Gasteiger partial charge in [-0.05, 0) is 50.5 Å². The highest BCUT2D eigenvalue weighted by atomic mass is 19.4. The fraction of sp³-hybridized carbons (Fsp3) is 0.435. The number of methoxy groups -OCH3 is 1. The van der Waals surface area contributed by atoms with E-state index in [2.05, 4.69) is 15.3 Å². The first-order chi connectivity index (χ1) is 16.0. The van der Waals surface area contributed by atoms with Gasteiger partial charge in [0.15, 0.2) is 0 Å². The van der Waals surface area contributed by atoms with Crippen molar-refractivity contribution < 1.29 is 22.7 Å². The Morgan fingerprint density at radius 2 is 2.00 bits per heavy atom. The molecular formula is C23H25F3N6O2. The van der Waals surface area contributed by atoms with Gasteiger partial charge < -0.3 is 20.7 Å². The molecule has 1 saturated carbocycles.